The minimum Gasteiger partial charge on any atom is -0.480 e. The molecule has 1 atom stereocenters. The van der Waals surface area contributed by atoms with Gasteiger partial charge in [0.25, 0.3) is 0 Å². The highest BCUT2D eigenvalue weighted by molar-refractivity contribution is 5.82. The molecule has 0 saturated carbocycles. The lowest BCUT2D eigenvalue weighted by molar-refractivity contribution is -0.139. The number of rotatable bonds is 4. The first-order chi connectivity index (χ1) is 7.65. The Hall–Kier alpha value is -1.34. The molecule has 1 aliphatic rings. The van der Waals surface area contributed by atoms with Crippen molar-refractivity contribution < 1.29 is 19.8 Å². The van der Waals surface area contributed by atoms with Crippen molar-refractivity contribution in [3.8, 4) is 0 Å². The van der Waals surface area contributed by atoms with Gasteiger partial charge in [0.15, 0.2) is 0 Å². The molecule has 1 rings (SSSR count). The second-order valence-corrected chi connectivity index (χ2v) is 3.59. The standard InChI is InChI=1S/C9H17N3O4/c13-6-1-7(8(14)15)11-9(16)12-4-2-10-3-5-12/h7,10,13H,1-6H2,(H,11,16)(H,14,15)/t7-/m1/s1. The van der Waals surface area contributed by atoms with E-state index in [2.05, 4.69) is 10.6 Å². The number of piperazine rings is 1. The molecular weight excluding hydrogens is 214 g/mol. The summed E-state index contributed by atoms with van der Waals surface area (Å²) in [5.74, 6) is -1.13. The van der Waals surface area contributed by atoms with Crippen molar-refractivity contribution >= 4 is 12.0 Å². The summed E-state index contributed by atoms with van der Waals surface area (Å²) in [6, 6.07) is -1.41. The van der Waals surface area contributed by atoms with E-state index in [0.717, 1.165) is 0 Å². The zero-order chi connectivity index (χ0) is 12.0. The van der Waals surface area contributed by atoms with E-state index in [1.165, 1.54) is 0 Å². The van der Waals surface area contributed by atoms with Crippen LogP contribution in [-0.2, 0) is 4.79 Å². The molecule has 1 aliphatic heterocycles. The minimum atomic E-state index is -1.13. The molecule has 0 aromatic carbocycles. The van der Waals surface area contributed by atoms with Crippen LogP contribution in [0.4, 0.5) is 4.79 Å². The number of aliphatic hydroxyl groups is 1. The quantitative estimate of drug-likeness (QED) is 0.468. The fourth-order valence-corrected chi connectivity index (χ4v) is 1.49. The lowest BCUT2D eigenvalue weighted by Gasteiger charge is -2.28. The van der Waals surface area contributed by atoms with Gasteiger partial charge in [-0.1, -0.05) is 0 Å². The maximum absolute atomic E-state index is 11.6. The molecule has 0 aliphatic carbocycles. The maximum Gasteiger partial charge on any atom is 0.326 e. The van der Waals surface area contributed by atoms with Gasteiger partial charge < -0.3 is 25.7 Å². The van der Waals surface area contributed by atoms with E-state index < -0.39 is 12.0 Å². The summed E-state index contributed by atoms with van der Waals surface area (Å²) >= 11 is 0. The lowest BCUT2D eigenvalue weighted by Crippen LogP contribution is -2.53. The number of nitrogens with zero attached hydrogens (tertiary/aromatic N) is 1. The Balaban J connectivity index is 2.43. The molecule has 0 radical (unpaired) electrons. The topological polar surface area (TPSA) is 102 Å². The van der Waals surface area contributed by atoms with Gasteiger partial charge in [-0.15, -0.1) is 0 Å². The van der Waals surface area contributed by atoms with E-state index in [9.17, 15) is 9.59 Å². The SMILES string of the molecule is O=C(O)[C@@H](CCO)NC(=O)N1CCNCC1. The molecule has 0 spiro atoms. The van der Waals surface area contributed by atoms with E-state index >= 15 is 0 Å². The Morgan fingerprint density at radius 1 is 1.38 bits per heavy atom. The molecule has 1 fully saturated rings. The van der Waals surface area contributed by atoms with Gasteiger partial charge in [0.2, 0.25) is 0 Å². The van der Waals surface area contributed by atoms with Gasteiger partial charge in [-0.25, -0.2) is 9.59 Å². The van der Waals surface area contributed by atoms with Crippen molar-refractivity contribution in [1.82, 2.24) is 15.5 Å². The molecular formula is C9H17N3O4. The Labute approximate surface area is 93.4 Å². The Morgan fingerprint density at radius 2 is 2.00 bits per heavy atom. The molecule has 2 amide bonds. The number of carboxylic acids is 1. The van der Waals surface area contributed by atoms with Crippen molar-refractivity contribution in [3.63, 3.8) is 0 Å². The molecule has 0 bridgehead atoms. The van der Waals surface area contributed by atoms with E-state index in [1.807, 2.05) is 0 Å². The fourth-order valence-electron chi connectivity index (χ4n) is 1.49. The summed E-state index contributed by atoms with van der Waals surface area (Å²) < 4.78 is 0. The molecule has 0 aromatic heterocycles. The first kappa shape index (κ1) is 12.7. The third-order valence-corrected chi connectivity index (χ3v) is 2.42. The summed E-state index contributed by atoms with van der Waals surface area (Å²) in [6.07, 6.45) is 0.0210. The average Bonchev–Trinajstić information content (AvgIpc) is 2.29. The van der Waals surface area contributed by atoms with Gasteiger partial charge in [0, 0.05) is 39.2 Å². The van der Waals surface area contributed by atoms with Crippen LogP contribution < -0.4 is 10.6 Å². The first-order valence-corrected chi connectivity index (χ1v) is 5.25. The maximum atomic E-state index is 11.6. The third-order valence-electron chi connectivity index (χ3n) is 2.42. The summed E-state index contributed by atoms with van der Waals surface area (Å²) in [4.78, 5) is 23.9. The number of hydrogen-bond donors (Lipinski definition) is 4. The number of nitrogens with one attached hydrogen (secondary N) is 2. The van der Waals surface area contributed by atoms with Gasteiger partial charge >= 0.3 is 12.0 Å². The van der Waals surface area contributed by atoms with Crippen molar-refractivity contribution in [2.45, 2.75) is 12.5 Å². The molecule has 4 N–H and O–H groups in total. The number of carbonyl (C=O) groups is 2. The van der Waals surface area contributed by atoms with Gasteiger partial charge in [0.05, 0.1) is 0 Å². The van der Waals surface area contributed by atoms with E-state index in [0.29, 0.717) is 26.2 Å². The predicted molar refractivity (Wildman–Crippen MR) is 56.1 cm³/mol. The summed E-state index contributed by atoms with van der Waals surface area (Å²) in [5.41, 5.74) is 0. The first-order valence-electron chi connectivity index (χ1n) is 5.25. The van der Waals surface area contributed by atoms with Crippen LogP contribution in [0.3, 0.4) is 0 Å². The zero-order valence-corrected chi connectivity index (χ0v) is 8.98. The Morgan fingerprint density at radius 3 is 2.50 bits per heavy atom. The molecule has 16 heavy (non-hydrogen) atoms. The molecule has 0 aromatic rings. The minimum absolute atomic E-state index is 0.0210. The summed E-state index contributed by atoms with van der Waals surface area (Å²) in [7, 11) is 0. The molecule has 1 heterocycles. The largest absolute Gasteiger partial charge is 0.480 e. The predicted octanol–water partition coefficient (Wildman–Crippen LogP) is -1.56. The number of amides is 2. The van der Waals surface area contributed by atoms with Crippen molar-refractivity contribution in [3.05, 3.63) is 0 Å². The van der Waals surface area contributed by atoms with Gasteiger partial charge in [-0.2, -0.15) is 0 Å². The van der Waals surface area contributed by atoms with Crippen LogP contribution in [0.1, 0.15) is 6.42 Å². The summed E-state index contributed by atoms with van der Waals surface area (Å²) in [5, 5.41) is 22.9. The van der Waals surface area contributed by atoms with Crippen molar-refractivity contribution in [2.24, 2.45) is 0 Å². The number of carboxylic acid groups (broad SMARTS) is 1. The number of aliphatic hydroxyl groups excluding tert-OH is 1. The number of hydrogen-bond acceptors (Lipinski definition) is 4. The average molecular weight is 231 g/mol. The van der Waals surface area contributed by atoms with E-state index in [1.54, 1.807) is 4.90 Å². The third kappa shape index (κ3) is 3.67. The lowest BCUT2D eigenvalue weighted by atomic mass is 10.2. The summed E-state index contributed by atoms with van der Waals surface area (Å²) in [6.45, 7) is 2.30. The Bertz CT molecular complexity index is 253. The highest BCUT2D eigenvalue weighted by Gasteiger charge is 2.23. The van der Waals surface area contributed by atoms with E-state index in [-0.39, 0.29) is 19.1 Å². The smallest absolute Gasteiger partial charge is 0.326 e. The van der Waals surface area contributed by atoms with Crippen LogP contribution in [0.2, 0.25) is 0 Å². The van der Waals surface area contributed by atoms with Crippen LogP contribution in [0.25, 0.3) is 0 Å². The highest BCUT2D eigenvalue weighted by atomic mass is 16.4. The van der Waals surface area contributed by atoms with Crippen molar-refractivity contribution in [2.75, 3.05) is 32.8 Å². The zero-order valence-electron chi connectivity index (χ0n) is 8.98. The van der Waals surface area contributed by atoms with Crippen LogP contribution in [0.15, 0.2) is 0 Å². The molecule has 7 heteroatoms. The molecule has 7 nitrogen and oxygen atoms in total. The molecule has 92 valence electrons. The second kappa shape index (κ2) is 6.29. The monoisotopic (exact) mass is 231 g/mol. The number of aliphatic carboxylic acids is 1. The second-order valence-electron chi connectivity index (χ2n) is 3.59. The molecule has 1 saturated heterocycles. The van der Waals surface area contributed by atoms with Gasteiger partial charge in [0.1, 0.15) is 6.04 Å². The number of urea groups is 1. The Kier molecular flexibility index (Phi) is 5.00. The van der Waals surface area contributed by atoms with Gasteiger partial charge in [-0.3, -0.25) is 0 Å². The van der Waals surface area contributed by atoms with Crippen molar-refractivity contribution in [1.29, 1.82) is 0 Å². The van der Waals surface area contributed by atoms with Crippen LogP contribution in [-0.4, -0.2) is 65.9 Å². The highest BCUT2D eigenvalue weighted by Crippen LogP contribution is 1.97. The van der Waals surface area contributed by atoms with Crippen LogP contribution in [0.5, 0.6) is 0 Å². The molecule has 0 unspecified atom stereocenters. The van der Waals surface area contributed by atoms with E-state index in [4.69, 9.17) is 10.2 Å². The van der Waals surface area contributed by atoms with Crippen LogP contribution >= 0.6 is 0 Å². The fraction of sp³-hybridized carbons (Fsp3) is 0.778. The number of carbonyl (C=O) groups excluding carboxylic acids is 1. The van der Waals surface area contributed by atoms with Crippen LogP contribution in [0, 0.1) is 0 Å². The van der Waals surface area contributed by atoms with Gasteiger partial charge in [-0.05, 0) is 0 Å². The normalized spacial score (nSPS) is 17.9.